The third kappa shape index (κ3) is 2.44. The van der Waals surface area contributed by atoms with Crippen molar-refractivity contribution in [2.24, 2.45) is 0 Å². The van der Waals surface area contributed by atoms with Crippen LogP contribution in [0.25, 0.3) is 0 Å². The third-order valence-electron chi connectivity index (χ3n) is 2.75. The Morgan fingerprint density at radius 1 is 1.25 bits per heavy atom. The van der Waals surface area contributed by atoms with E-state index in [1.54, 1.807) is 0 Å². The second-order valence-corrected chi connectivity index (χ2v) is 4.38. The Morgan fingerprint density at radius 3 is 2.40 bits per heavy atom. The molecule has 0 unspecified atom stereocenters. The first kappa shape index (κ1) is 14.3. The average Bonchev–Trinajstić information content (AvgIpc) is 2.40. The van der Waals surface area contributed by atoms with E-state index in [2.05, 4.69) is 0 Å². The Labute approximate surface area is 118 Å². The van der Waals surface area contributed by atoms with E-state index < -0.39 is 23.0 Å². The molecule has 0 saturated heterocycles. The molecule has 0 aliphatic heterocycles. The molecule has 0 heterocycles. The number of hydrogen-bond donors (Lipinski definition) is 1. The molecular weight excluding hydrogens is 288 g/mol. The van der Waals surface area contributed by atoms with Crippen molar-refractivity contribution in [1.29, 1.82) is 0 Å². The van der Waals surface area contributed by atoms with Crippen molar-refractivity contribution in [3.05, 3.63) is 58.1 Å². The molecule has 0 amide bonds. The highest BCUT2D eigenvalue weighted by Crippen LogP contribution is 2.28. The van der Waals surface area contributed by atoms with Gasteiger partial charge in [-0.15, -0.1) is 0 Å². The molecule has 0 atom stereocenters. The van der Waals surface area contributed by atoms with Crippen molar-refractivity contribution in [1.82, 2.24) is 0 Å². The van der Waals surface area contributed by atoms with Gasteiger partial charge in [-0.25, -0.2) is 8.78 Å². The van der Waals surface area contributed by atoms with Gasteiger partial charge in [0.15, 0.2) is 0 Å². The first-order chi connectivity index (χ1) is 9.45. The number of ketones is 1. The monoisotopic (exact) mass is 297 g/mol. The lowest BCUT2D eigenvalue weighted by molar-refractivity contribution is 0.103. The number of methoxy groups -OCH3 is 1. The Balaban J connectivity index is 2.57. The van der Waals surface area contributed by atoms with Gasteiger partial charge in [0.25, 0.3) is 0 Å². The SMILES string of the molecule is COc1cc(F)c(C(=O)c2cccc(N)c2Cl)c(F)c1. The zero-order chi connectivity index (χ0) is 14.9. The maximum atomic E-state index is 13.9. The van der Waals surface area contributed by atoms with Gasteiger partial charge in [-0.1, -0.05) is 17.7 Å². The van der Waals surface area contributed by atoms with E-state index >= 15 is 0 Å². The summed E-state index contributed by atoms with van der Waals surface area (Å²) in [6.07, 6.45) is 0. The Morgan fingerprint density at radius 2 is 1.85 bits per heavy atom. The molecule has 0 aliphatic carbocycles. The van der Waals surface area contributed by atoms with Crippen molar-refractivity contribution in [2.75, 3.05) is 12.8 Å². The minimum Gasteiger partial charge on any atom is -0.497 e. The zero-order valence-electron chi connectivity index (χ0n) is 10.4. The van der Waals surface area contributed by atoms with E-state index in [1.165, 1.54) is 25.3 Å². The van der Waals surface area contributed by atoms with Crippen LogP contribution >= 0.6 is 11.6 Å². The predicted octanol–water partition coefficient (Wildman–Crippen LogP) is 3.44. The lowest BCUT2D eigenvalue weighted by Gasteiger charge is -2.09. The fourth-order valence-corrected chi connectivity index (χ4v) is 1.96. The van der Waals surface area contributed by atoms with Crippen LogP contribution in [0, 0.1) is 11.6 Å². The zero-order valence-corrected chi connectivity index (χ0v) is 11.2. The first-order valence-corrected chi connectivity index (χ1v) is 5.95. The second kappa shape index (κ2) is 5.46. The molecule has 0 fully saturated rings. The maximum Gasteiger partial charge on any atom is 0.200 e. The van der Waals surface area contributed by atoms with Crippen LogP contribution in [0.4, 0.5) is 14.5 Å². The van der Waals surface area contributed by atoms with Crippen molar-refractivity contribution in [3.8, 4) is 5.75 Å². The molecule has 104 valence electrons. The summed E-state index contributed by atoms with van der Waals surface area (Å²) in [5.41, 5.74) is 4.97. The molecule has 0 radical (unpaired) electrons. The Hall–Kier alpha value is -2.14. The highest BCUT2D eigenvalue weighted by atomic mass is 35.5. The maximum absolute atomic E-state index is 13.9. The molecule has 20 heavy (non-hydrogen) atoms. The summed E-state index contributed by atoms with van der Waals surface area (Å²) in [4.78, 5) is 12.2. The van der Waals surface area contributed by atoms with E-state index in [-0.39, 0.29) is 22.0 Å². The Kier molecular flexibility index (Phi) is 3.90. The first-order valence-electron chi connectivity index (χ1n) is 5.57. The van der Waals surface area contributed by atoms with Gasteiger partial charge in [0.2, 0.25) is 5.78 Å². The van der Waals surface area contributed by atoms with E-state index in [9.17, 15) is 13.6 Å². The third-order valence-corrected chi connectivity index (χ3v) is 3.17. The largest absolute Gasteiger partial charge is 0.497 e. The molecule has 3 nitrogen and oxygen atoms in total. The van der Waals surface area contributed by atoms with Crippen LogP contribution < -0.4 is 10.5 Å². The van der Waals surface area contributed by atoms with E-state index in [1.807, 2.05) is 0 Å². The van der Waals surface area contributed by atoms with Crippen LogP contribution in [0.3, 0.4) is 0 Å². The van der Waals surface area contributed by atoms with Crippen molar-refractivity contribution >= 4 is 23.1 Å². The minimum atomic E-state index is -1.02. The summed E-state index contributed by atoms with van der Waals surface area (Å²) >= 11 is 5.89. The topological polar surface area (TPSA) is 52.3 Å². The molecule has 0 bridgehead atoms. The summed E-state index contributed by atoms with van der Waals surface area (Å²) in [6.45, 7) is 0. The molecule has 0 aliphatic rings. The highest BCUT2D eigenvalue weighted by Gasteiger charge is 2.23. The summed E-state index contributed by atoms with van der Waals surface area (Å²) in [5, 5.41) is -0.0351. The van der Waals surface area contributed by atoms with Crippen LogP contribution in [-0.4, -0.2) is 12.9 Å². The van der Waals surface area contributed by atoms with Crippen molar-refractivity contribution in [3.63, 3.8) is 0 Å². The standard InChI is InChI=1S/C14H10ClF2NO2/c1-20-7-5-9(16)12(10(17)6-7)14(19)8-3-2-4-11(18)13(8)15/h2-6H,18H2,1H3. The van der Waals surface area contributed by atoms with Crippen LogP contribution in [0.2, 0.25) is 5.02 Å². The second-order valence-electron chi connectivity index (χ2n) is 4.00. The summed E-state index contributed by atoms with van der Waals surface area (Å²) in [5.74, 6) is -2.94. The number of benzene rings is 2. The van der Waals surface area contributed by atoms with E-state index in [0.717, 1.165) is 12.1 Å². The molecule has 6 heteroatoms. The number of nitrogen functional groups attached to an aromatic ring is 1. The predicted molar refractivity (Wildman–Crippen MR) is 72.2 cm³/mol. The normalized spacial score (nSPS) is 10.4. The number of halogens is 3. The van der Waals surface area contributed by atoms with Gasteiger partial charge in [0.1, 0.15) is 17.4 Å². The van der Waals surface area contributed by atoms with E-state index in [0.29, 0.717) is 0 Å². The van der Waals surface area contributed by atoms with Crippen LogP contribution in [-0.2, 0) is 0 Å². The number of carbonyl (C=O) groups is 1. The molecule has 0 spiro atoms. The number of nitrogens with two attached hydrogens (primary N) is 1. The fourth-order valence-electron chi connectivity index (χ4n) is 1.74. The summed E-state index contributed by atoms with van der Waals surface area (Å²) < 4.78 is 32.4. The number of hydrogen-bond acceptors (Lipinski definition) is 3. The smallest absolute Gasteiger partial charge is 0.200 e. The number of ether oxygens (including phenoxy) is 1. The van der Waals surface area contributed by atoms with Crippen LogP contribution in [0.15, 0.2) is 30.3 Å². The average molecular weight is 298 g/mol. The molecule has 2 N–H and O–H groups in total. The molecule has 2 aromatic rings. The van der Waals surface area contributed by atoms with Gasteiger partial charge in [-0.3, -0.25) is 4.79 Å². The lowest BCUT2D eigenvalue weighted by Crippen LogP contribution is -2.09. The van der Waals surface area contributed by atoms with Crippen molar-refractivity contribution < 1.29 is 18.3 Å². The summed E-state index contributed by atoms with van der Waals surface area (Å²) in [6, 6.07) is 6.17. The molecule has 0 saturated carbocycles. The van der Waals surface area contributed by atoms with Gasteiger partial charge in [0, 0.05) is 17.7 Å². The summed E-state index contributed by atoms with van der Waals surface area (Å²) in [7, 11) is 1.27. The quantitative estimate of drug-likeness (QED) is 0.697. The van der Waals surface area contributed by atoms with Gasteiger partial charge < -0.3 is 10.5 Å². The highest BCUT2D eigenvalue weighted by molar-refractivity contribution is 6.37. The lowest BCUT2D eigenvalue weighted by atomic mass is 10.0. The van der Waals surface area contributed by atoms with Crippen molar-refractivity contribution in [2.45, 2.75) is 0 Å². The molecular formula is C14H10ClF2NO2. The van der Waals surface area contributed by atoms with Gasteiger partial charge in [0.05, 0.1) is 23.4 Å². The van der Waals surface area contributed by atoms with Crippen LogP contribution in [0.5, 0.6) is 5.75 Å². The van der Waals surface area contributed by atoms with Gasteiger partial charge in [-0.2, -0.15) is 0 Å². The molecule has 2 aromatic carbocycles. The molecule has 2 rings (SSSR count). The number of rotatable bonds is 3. The fraction of sp³-hybridized carbons (Fsp3) is 0.0714. The van der Waals surface area contributed by atoms with Crippen LogP contribution in [0.1, 0.15) is 15.9 Å². The molecule has 0 aromatic heterocycles. The van der Waals surface area contributed by atoms with E-state index in [4.69, 9.17) is 22.1 Å². The number of anilines is 1. The van der Waals surface area contributed by atoms with Gasteiger partial charge in [-0.05, 0) is 12.1 Å². The minimum absolute atomic E-state index is 0.0183. The van der Waals surface area contributed by atoms with Gasteiger partial charge >= 0.3 is 0 Å². The number of carbonyl (C=O) groups excluding carboxylic acids is 1. The Bertz CT molecular complexity index is 666.